The monoisotopic (exact) mass is 422 g/mol. The number of nitrogens with zero attached hydrogens (tertiary/aromatic N) is 2. The van der Waals surface area contributed by atoms with Crippen LogP contribution in [-0.4, -0.2) is 55.0 Å². The van der Waals surface area contributed by atoms with Crippen molar-refractivity contribution < 1.29 is 13.9 Å². The van der Waals surface area contributed by atoms with Gasteiger partial charge in [0.15, 0.2) is 0 Å². The number of amides is 1. The highest BCUT2D eigenvalue weighted by Crippen LogP contribution is 2.25. The van der Waals surface area contributed by atoms with E-state index in [-0.39, 0.29) is 11.7 Å². The Kier molecular flexibility index (Phi) is 7.36. The lowest BCUT2D eigenvalue weighted by Gasteiger charge is -2.27. The average Bonchev–Trinajstić information content (AvgIpc) is 2.83. The number of halogens is 1. The largest absolute Gasteiger partial charge is 0.494 e. The maximum Gasteiger partial charge on any atom is 0.254 e. The van der Waals surface area contributed by atoms with Crippen LogP contribution in [0.15, 0.2) is 54.6 Å². The molecule has 0 spiro atoms. The van der Waals surface area contributed by atoms with Gasteiger partial charge in [-0.3, -0.25) is 4.79 Å². The van der Waals surface area contributed by atoms with Crippen LogP contribution in [0, 0.1) is 5.82 Å². The summed E-state index contributed by atoms with van der Waals surface area (Å²) in [6.45, 7) is 5.57. The lowest BCUT2D eigenvalue weighted by atomic mass is 9.99. The number of carbonyl (C=O) groups is 1. The van der Waals surface area contributed by atoms with Crippen molar-refractivity contribution in [1.82, 2.24) is 9.80 Å². The summed E-state index contributed by atoms with van der Waals surface area (Å²) in [6.07, 6.45) is 8.01. The molecular formula is C26H31FN2O2. The van der Waals surface area contributed by atoms with E-state index in [0.717, 1.165) is 31.7 Å². The van der Waals surface area contributed by atoms with Crippen molar-refractivity contribution in [3.8, 4) is 5.75 Å². The van der Waals surface area contributed by atoms with E-state index in [1.165, 1.54) is 55.6 Å². The smallest absolute Gasteiger partial charge is 0.254 e. The van der Waals surface area contributed by atoms with Crippen LogP contribution in [-0.2, 0) is 0 Å². The van der Waals surface area contributed by atoms with Gasteiger partial charge in [-0.15, -0.1) is 0 Å². The van der Waals surface area contributed by atoms with Crippen LogP contribution in [0.5, 0.6) is 5.75 Å². The van der Waals surface area contributed by atoms with Crippen LogP contribution >= 0.6 is 0 Å². The minimum absolute atomic E-state index is 0.0522. The average molecular weight is 423 g/mol. The van der Waals surface area contributed by atoms with Crippen molar-refractivity contribution in [2.24, 2.45) is 0 Å². The highest BCUT2D eigenvalue weighted by molar-refractivity contribution is 5.94. The van der Waals surface area contributed by atoms with Crippen molar-refractivity contribution in [2.45, 2.75) is 32.1 Å². The molecule has 0 unspecified atom stereocenters. The third-order valence-electron chi connectivity index (χ3n) is 6.15. The van der Waals surface area contributed by atoms with Crippen LogP contribution in [0.3, 0.4) is 0 Å². The minimum atomic E-state index is -0.327. The van der Waals surface area contributed by atoms with Gasteiger partial charge in [0.25, 0.3) is 5.91 Å². The molecule has 4 nitrogen and oxygen atoms in total. The standard InChI is InChI=1S/C26H31FN2O2/c27-24-9-5-23(6-10-24)26(30)29-18-13-22(14-19-29)21-7-11-25(12-8-21)31-20-4-17-28-15-2-1-3-16-28/h5-13H,1-4,14-20H2. The fourth-order valence-corrected chi connectivity index (χ4v) is 4.32. The molecule has 5 heteroatoms. The van der Waals surface area contributed by atoms with E-state index in [1.807, 2.05) is 12.1 Å². The quantitative estimate of drug-likeness (QED) is 0.588. The van der Waals surface area contributed by atoms with Gasteiger partial charge in [0.05, 0.1) is 6.61 Å². The van der Waals surface area contributed by atoms with Crippen LogP contribution < -0.4 is 4.74 Å². The van der Waals surface area contributed by atoms with E-state index >= 15 is 0 Å². The molecular weight excluding hydrogens is 391 g/mol. The fraction of sp³-hybridized carbons (Fsp3) is 0.423. The fourth-order valence-electron chi connectivity index (χ4n) is 4.32. The zero-order valence-electron chi connectivity index (χ0n) is 18.1. The molecule has 0 N–H and O–H groups in total. The summed E-state index contributed by atoms with van der Waals surface area (Å²) in [7, 11) is 0. The molecule has 2 aliphatic heterocycles. The molecule has 2 aromatic carbocycles. The van der Waals surface area contributed by atoms with Gasteiger partial charge < -0.3 is 14.5 Å². The maximum absolute atomic E-state index is 13.1. The van der Waals surface area contributed by atoms with E-state index in [4.69, 9.17) is 4.74 Å². The van der Waals surface area contributed by atoms with Crippen LogP contribution in [0.1, 0.15) is 48.0 Å². The van der Waals surface area contributed by atoms with Gasteiger partial charge in [0.1, 0.15) is 11.6 Å². The third kappa shape index (κ3) is 5.95. The Morgan fingerprint density at radius 2 is 1.68 bits per heavy atom. The van der Waals surface area contributed by atoms with E-state index in [1.54, 1.807) is 17.0 Å². The minimum Gasteiger partial charge on any atom is -0.494 e. The van der Waals surface area contributed by atoms with E-state index < -0.39 is 0 Å². The zero-order chi connectivity index (χ0) is 21.5. The van der Waals surface area contributed by atoms with Crippen LogP contribution in [0.25, 0.3) is 5.57 Å². The third-order valence-corrected chi connectivity index (χ3v) is 6.15. The van der Waals surface area contributed by atoms with Gasteiger partial charge in [-0.2, -0.15) is 0 Å². The molecule has 1 amide bonds. The summed E-state index contributed by atoms with van der Waals surface area (Å²) in [5, 5.41) is 0. The molecule has 2 aliphatic rings. The van der Waals surface area contributed by atoms with Crippen LogP contribution in [0.2, 0.25) is 0 Å². The second-order valence-electron chi connectivity index (χ2n) is 8.37. The Balaban J connectivity index is 1.24. The first kappa shape index (κ1) is 21.6. The van der Waals surface area contributed by atoms with Crippen molar-refractivity contribution in [3.63, 3.8) is 0 Å². The van der Waals surface area contributed by atoms with Crippen molar-refractivity contribution in [3.05, 3.63) is 71.6 Å². The molecule has 0 bridgehead atoms. The molecule has 1 saturated heterocycles. The number of carbonyl (C=O) groups excluding carboxylic acids is 1. The molecule has 2 aromatic rings. The van der Waals surface area contributed by atoms with Gasteiger partial charge in [0, 0.05) is 25.2 Å². The zero-order valence-corrected chi connectivity index (χ0v) is 18.1. The van der Waals surface area contributed by atoms with Gasteiger partial charge in [-0.1, -0.05) is 24.6 Å². The molecule has 1 fully saturated rings. The highest BCUT2D eigenvalue weighted by Gasteiger charge is 2.19. The van der Waals surface area contributed by atoms with Crippen molar-refractivity contribution in [1.29, 1.82) is 0 Å². The molecule has 0 atom stereocenters. The highest BCUT2D eigenvalue weighted by atomic mass is 19.1. The number of benzene rings is 2. The first-order chi connectivity index (χ1) is 15.2. The molecule has 31 heavy (non-hydrogen) atoms. The number of rotatable bonds is 7. The summed E-state index contributed by atoms with van der Waals surface area (Å²) in [6, 6.07) is 14.0. The molecule has 0 aromatic heterocycles. The number of hydrogen-bond donors (Lipinski definition) is 0. The van der Waals surface area contributed by atoms with Gasteiger partial charge in [-0.25, -0.2) is 4.39 Å². The summed E-state index contributed by atoms with van der Waals surface area (Å²) < 4.78 is 19.0. The summed E-state index contributed by atoms with van der Waals surface area (Å²) >= 11 is 0. The number of ether oxygens (including phenoxy) is 1. The molecule has 0 radical (unpaired) electrons. The topological polar surface area (TPSA) is 32.8 Å². The van der Waals surface area contributed by atoms with Crippen LogP contribution in [0.4, 0.5) is 4.39 Å². The van der Waals surface area contributed by atoms with Gasteiger partial charge in [0.2, 0.25) is 0 Å². The second-order valence-corrected chi connectivity index (χ2v) is 8.37. The summed E-state index contributed by atoms with van der Waals surface area (Å²) in [5.41, 5.74) is 2.95. The first-order valence-electron chi connectivity index (χ1n) is 11.4. The summed E-state index contributed by atoms with van der Waals surface area (Å²) in [5.74, 6) is 0.530. The van der Waals surface area contributed by atoms with E-state index in [9.17, 15) is 9.18 Å². The Labute approximate surface area is 184 Å². The first-order valence-corrected chi connectivity index (χ1v) is 11.4. The maximum atomic E-state index is 13.1. The number of piperidine rings is 1. The van der Waals surface area contributed by atoms with Crippen molar-refractivity contribution >= 4 is 11.5 Å². The van der Waals surface area contributed by atoms with E-state index in [0.29, 0.717) is 18.7 Å². The molecule has 164 valence electrons. The van der Waals surface area contributed by atoms with Gasteiger partial charge >= 0.3 is 0 Å². The lowest BCUT2D eigenvalue weighted by molar-refractivity contribution is 0.0773. The normalized spacial score (nSPS) is 17.3. The Hall–Kier alpha value is -2.66. The summed E-state index contributed by atoms with van der Waals surface area (Å²) in [4.78, 5) is 16.9. The number of likely N-dealkylation sites (tertiary alicyclic amines) is 1. The lowest BCUT2D eigenvalue weighted by Crippen LogP contribution is -2.34. The SMILES string of the molecule is O=C(c1ccc(F)cc1)N1CC=C(c2ccc(OCCCN3CCCCC3)cc2)CC1. The predicted molar refractivity (Wildman–Crippen MR) is 122 cm³/mol. The molecule has 0 saturated carbocycles. The number of hydrogen-bond acceptors (Lipinski definition) is 3. The molecule has 2 heterocycles. The Morgan fingerprint density at radius 1 is 0.935 bits per heavy atom. The predicted octanol–water partition coefficient (Wildman–Crippen LogP) is 5.01. The Morgan fingerprint density at radius 3 is 2.35 bits per heavy atom. The van der Waals surface area contributed by atoms with Gasteiger partial charge in [-0.05, 0) is 86.3 Å². The second kappa shape index (κ2) is 10.6. The van der Waals surface area contributed by atoms with E-state index in [2.05, 4.69) is 23.1 Å². The molecule has 4 rings (SSSR count). The Bertz CT molecular complexity index is 887. The molecule has 0 aliphatic carbocycles. The van der Waals surface area contributed by atoms with Crippen molar-refractivity contribution in [2.75, 3.05) is 39.3 Å².